The van der Waals surface area contributed by atoms with Crippen molar-refractivity contribution in [2.75, 3.05) is 0 Å². The molecule has 0 aliphatic heterocycles. The third-order valence-electron chi connectivity index (χ3n) is 2.36. The standard InChI is InChI=1S/C13H13NO/c1-9-3-4-13(15)12(7-9)11-5-6-14-10(2)8-11/h3-8,15H,1-2H3. The summed E-state index contributed by atoms with van der Waals surface area (Å²) in [5.41, 5.74) is 3.95. The van der Waals surface area contributed by atoms with E-state index in [1.54, 1.807) is 12.3 Å². The zero-order valence-corrected chi connectivity index (χ0v) is 8.86. The Morgan fingerprint density at radius 1 is 1.07 bits per heavy atom. The highest BCUT2D eigenvalue weighted by Gasteiger charge is 2.04. The number of hydrogen-bond donors (Lipinski definition) is 1. The zero-order valence-electron chi connectivity index (χ0n) is 8.86. The minimum Gasteiger partial charge on any atom is -0.507 e. The molecule has 0 unspecified atom stereocenters. The number of rotatable bonds is 1. The third-order valence-corrected chi connectivity index (χ3v) is 2.36. The summed E-state index contributed by atoms with van der Waals surface area (Å²) < 4.78 is 0. The van der Waals surface area contributed by atoms with Gasteiger partial charge in [0.1, 0.15) is 5.75 Å². The van der Waals surface area contributed by atoms with Gasteiger partial charge in [-0.1, -0.05) is 11.6 Å². The normalized spacial score (nSPS) is 10.3. The zero-order chi connectivity index (χ0) is 10.8. The maximum Gasteiger partial charge on any atom is 0.123 e. The van der Waals surface area contributed by atoms with Gasteiger partial charge in [-0.3, -0.25) is 4.98 Å². The van der Waals surface area contributed by atoms with Gasteiger partial charge in [-0.05, 0) is 43.7 Å². The van der Waals surface area contributed by atoms with Crippen molar-refractivity contribution in [3.05, 3.63) is 47.8 Å². The average molecular weight is 199 g/mol. The first-order chi connectivity index (χ1) is 7.16. The van der Waals surface area contributed by atoms with E-state index in [9.17, 15) is 5.11 Å². The lowest BCUT2D eigenvalue weighted by molar-refractivity contribution is 0.477. The van der Waals surface area contributed by atoms with Crippen LogP contribution in [0, 0.1) is 13.8 Å². The first-order valence-electron chi connectivity index (χ1n) is 4.89. The second kappa shape index (κ2) is 3.73. The Bertz CT molecular complexity index is 492. The van der Waals surface area contributed by atoms with Gasteiger partial charge < -0.3 is 5.11 Å². The molecule has 1 aromatic carbocycles. The number of aromatic nitrogens is 1. The second-order valence-electron chi connectivity index (χ2n) is 3.71. The van der Waals surface area contributed by atoms with Gasteiger partial charge in [0.15, 0.2) is 0 Å². The van der Waals surface area contributed by atoms with Crippen LogP contribution in [0.1, 0.15) is 11.3 Å². The molecule has 2 aromatic rings. The lowest BCUT2D eigenvalue weighted by atomic mass is 10.0. The number of aromatic hydroxyl groups is 1. The lowest BCUT2D eigenvalue weighted by Crippen LogP contribution is -1.84. The van der Waals surface area contributed by atoms with Crippen LogP contribution >= 0.6 is 0 Å². The number of pyridine rings is 1. The molecule has 76 valence electrons. The summed E-state index contributed by atoms with van der Waals surface area (Å²) in [6.07, 6.45) is 1.76. The van der Waals surface area contributed by atoms with Crippen molar-refractivity contribution in [3.63, 3.8) is 0 Å². The van der Waals surface area contributed by atoms with E-state index in [2.05, 4.69) is 4.98 Å². The monoisotopic (exact) mass is 199 g/mol. The van der Waals surface area contributed by atoms with E-state index in [0.29, 0.717) is 5.75 Å². The molecule has 0 radical (unpaired) electrons. The summed E-state index contributed by atoms with van der Waals surface area (Å²) in [6, 6.07) is 9.47. The number of phenolic OH excluding ortho intramolecular Hbond substituents is 1. The Morgan fingerprint density at radius 3 is 2.60 bits per heavy atom. The van der Waals surface area contributed by atoms with Crippen LogP contribution in [0.15, 0.2) is 36.5 Å². The largest absolute Gasteiger partial charge is 0.507 e. The molecule has 1 aromatic heterocycles. The summed E-state index contributed by atoms with van der Waals surface area (Å²) in [4.78, 5) is 4.14. The van der Waals surface area contributed by atoms with Crippen molar-refractivity contribution in [1.82, 2.24) is 4.98 Å². The van der Waals surface area contributed by atoms with Gasteiger partial charge in [-0.2, -0.15) is 0 Å². The Hall–Kier alpha value is -1.83. The maximum absolute atomic E-state index is 9.76. The van der Waals surface area contributed by atoms with Gasteiger partial charge in [-0.25, -0.2) is 0 Å². The molecule has 1 N–H and O–H groups in total. The van der Waals surface area contributed by atoms with Crippen molar-refractivity contribution in [2.24, 2.45) is 0 Å². The smallest absolute Gasteiger partial charge is 0.123 e. The summed E-state index contributed by atoms with van der Waals surface area (Å²) in [5, 5.41) is 9.76. The minimum atomic E-state index is 0.311. The summed E-state index contributed by atoms with van der Waals surface area (Å²) >= 11 is 0. The van der Waals surface area contributed by atoms with Crippen LogP contribution in [0.5, 0.6) is 5.75 Å². The molecular weight excluding hydrogens is 186 g/mol. The van der Waals surface area contributed by atoms with Crippen molar-refractivity contribution < 1.29 is 5.11 Å². The molecule has 2 heteroatoms. The molecule has 2 nitrogen and oxygen atoms in total. The fraction of sp³-hybridized carbons (Fsp3) is 0.154. The number of benzene rings is 1. The number of phenols is 1. The van der Waals surface area contributed by atoms with E-state index in [1.165, 1.54) is 0 Å². The molecule has 0 aliphatic rings. The van der Waals surface area contributed by atoms with Gasteiger partial charge in [0.05, 0.1) is 0 Å². The van der Waals surface area contributed by atoms with Crippen molar-refractivity contribution in [2.45, 2.75) is 13.8 Å². The molecule has 0 atom stereocenters. The van der Waals surface area contributed by atoms with Crippen LogP contribution in [-0.4, -0.2) is 10.1 Å². The van der Waals surface area contributed by atoms with Crippen LogP contribution in [0.4, 0.5) is 0 Å². The topological polar surface area (TPSA) is 33.1 Å². The van der Waals surface area contributed by atoms with Gasteiger partial charge in [-0.15, -0.1) is 0 Å². The minimum absolute atomic E-state index is 0.311. The van der Waals surface area contributed by atoms with Crippen LogP contribution < -0.4 is 0 Å². The van der Waals surface area contributed by atoms with Gasteiger partial charge in [0.2, 0.25) is 0 Å². The predicted molar refractivity (Wildman–Crippen MR) is 60.8 cm³/mol. The van der Waals surface area contributed by atoms with Crippen molar-refractivity contribution in [1.29, 1.82) is 0 Å². The van der Waals surface area contributed by atoms with Crippen LogP contribution in [0.2, 0.25) is 0 Å². The molecule has 0 aliphatic carbocycles. The fourth-order valence-corrected chi connectivity index (χ4v) is 1.59. The number of aryl methyl sites for hydroxylation is 2. The number of nitrogens with zero attached hydrogens (tertiary/aromatic N) is 1. The van der Waals surface area contributed by atoms with E-state index in [4.69, 9.17) is 0 Å². The van der Waals surface area contributed by atoms with Crippen molar-refractivity contribution in [3.8, 4) is 16.9 Å². The lowest BCUT2D eigenvalue weighted by Gasteiger charge is -2.06. The van der Waals surface area contributed by atoms with E-state index >= 15 is 0 Å². The highest BCUT2D eigenvalue weighted by Crippen LogP contribution is 2.29. The predicted octanol–water partition coefficient (Wildman–Crippen LogP) is 3.07. The highest BCUT2D eigenvalue weighted by atomic mass is 16.3. The van der Waals surface area contributed by atoms with Crippen LogP contribution in [0.25, 0.3) is 11.1 Å². The van der Waals surface area contributed by atoms with E-state index in [-0.39, 0.29) is 0 Å². The molecule has 0 saturated heterocycles. The van der Waals surface area contributed by atoms with Gasteiger partial charge in [0.25, 0.3) is 0 Å². The van der Waals surface area contributed by atoms with E-state index in [0.717, 1.165) is 22.4 Å². The Labute approximate surface area is 89.2 Å². The molecule has 2 rings (SSSR count). The summed E-state index contributed by atoms with van der Waals surface area (Å²) in [5.74, 6) is 0.311. The van der Waals surface area contributed by atoms with Gasteiger partial charge >= 0.3 is 0 Å². The Balaban J connectivity index is 2.58. The van der Waals surface area contributed by atoms with E-state index in [1.807, 2.05) is 38.1 Å². The molecule has 15 heavy (non-hydrogen) atoms. The second-order valence-corrected chi connectivity index (χ2v) is 3.71. The SMILES string of the molecule is Cc1ccc(O)c(-c2ccnc(C)c2)c1. The molecule has 0 amide bonds. The summed E-state index contributed by atoms with van der Waals surface area (Å²) in [6.45, 7) is 3.95. The van der Waals surface area contributed by atoms with Gasteiger partial charge in [0, 0.05) is 17.5 Å². The van der Waals surface area contributed by atoms with Crippen LogP contribution in [0.3, 0.4) is 0 Å². The highest BCUT2D eigenvalue weighted by molar-refractivity contribution is 5.70. The van der Waals surface area contributed by atoms with E-state index < -0.39 is 0 Å². The Kier molecular flexibility index (Phi) is 2.42. The third kappa shape index (κ3) is 1.99. The maximum atomic E-state index is 9.76. The molecule has 1 heterocycles. The molecule has 0 spiro atoms. The quantitative estimate of drug-likeness (QED) is 0.765. The fourth-order valence-electron chi connectivity index (χ4n) is 1.59. The first kappa shape index (κ1) is 9.71. The molecular formula is C13H13NO. The number of hydrogen-bond acceptors (Lipinski definition) is 2. The summed E-state index contributed by atoms with van der Waals surface area (Å²) in [7, 11) is 0. The van der Waals surface area contributed by atoms with Crippen LogP contribution in [-0.2, 0) is 0 Å². The average Bonchev–Trinajstić information content (AvgIpc) is 2.22. The molecule has 0 fully saturated rings. The first-order valence-corrected chi connectivity index (χ1v) is 4.89. The molecule has 0 saturated carbocycles. The Morgan fingerprint density at radius 2 is 1.87 bits per heavy atom. The molecule has 0 bridgehead atoms. The van der Waals surface area contributed by atoms with Crippen molar-refractivity contribution >= 4 is 0 Å².